The van der Waals surface area contributed by atoms with E-state index in [9.17, 15) is 13.2 Å². The first kappa shape index (κ1) is 22.3. The van der Waals surface area contributed by atoms with Gasteiger partial charge in [-0.15, -0.1) is 10.2 Å². The number of nitrogens with zero attached hydrogens (tertiary/aromatic N) is 3. The predicted octanol–water partition coefficient (Wildman–Crippen LogP) is 2.32. The van der Waals surface area contributed by atoms with Crippen LogP contribution in [0, 0.1) is 6.92 Å². The van der Waals surface area contributed by atoms with Gasteiger partial charge in [-0.05, 0) is 56.5 Å². The minimum atomic E-state index is -3.83. The highest BCUT2D eigenvalue weighted by Gasteiger charge is 2.27. The summed E-state index contributed by atoms with van der Waals surface area (Å²) in [5, 5.41) is 11.1. The van der Waals surface area contributed by atoms with Crippen LogP contribution < -0.4 is 10.0 Å². The number of sulfonamides is 1. The van der Waals surface area contributed by atoms with E-state index in [-0.39, 0.29) is 4.90 Å². The molecule has 0 bridgehead atoms. The van der Waals surface area contributed by atoms with Gasteiger partial charge in [-0.25, -0.2) is 8.42 Å². The Hall–Kier alpha value is -2.43. The van der Waals surface area contributed by atoms with Crippen molar-refractivity contribution in [2.75, 3.05) is 12.0 Å². The third-order valence-electron chi connectivity index (χ3n) is 4.64. The average molecular weight is 448 g/mol. The van der Waals surface area contributed by atoms with Gasteiger partial charge in [0, 0.05) is 6.20 Å². The van der Waals surface area contributed by atoms with Crippen LogP contribution in [0.15, 0.2) is 53.6 Å². The maximum absolute atomic E-state index is 12.9. The third kappa shape index (κ3) is 5.18. The van der Waals surface area contributed by atoms with E-state index < -0.39 is 28.0 Å². The molecular formula is C20H25N5O3S2. The van der Waals surface area contributed by atoms with Gasteiger partial charge in [0.2, 0.25) is 15.9 Å². The number of hydrogen-bond donors (Lipinski definition) is 2. The maximum Gasteiger partial charge on any atom is 0.241 e. The van der Waals surface area contributed by atoms with E-state index in [1.807, 2.05) is 37.6 Å². The number of fused-ring (bicyclic) bond motifs is 1. The van der Waals surface area contributed by atoms with Crippen LogP contribution in [0.4, 0.5) is 0 Å². The van der Waals surface area contributed by atoms with Crippen LogP contribution in [0.5, 0.6) is 0 Å². The Labute approximate surface area is 180 Å². The molecule has 3 rings (SSSR count). The van der Waals surface area contributed by atoms with Crippen LogP contribution in [0.3, 0.4) is 0 Å². The molecule has 0 saturated heterocycles. The van der Waals surface area contributed by atoms with Gasteiger partial charge in [0.05, 0.1) is 10.9 Å². The molecule has 1 unspecified atom stereocenters. The molecule has 2 heterocycles. The quantitative estimate of drug-likeness (QED) is 0.522. The third-order valence-corrected chi connectivity index (χ3v) is 6.77. The van der Waals surface area contributed by atoms with Crippen LogP contribution in [0.25, 0.3) is 5.65 Å². The summed E-state index contributed by atoms with van der Waals surface area (Å²) >= 11 is 1.55. The fourth-order valence-corrected chi connectivity index (χ4v) is 4.69. The summed E-state index contributed by atoms with van der Waals surface area (Å²) in [6, 6.07) is 10.7. The molecule has 0 saturated carbocycles. The van der Waals surface area contributed by atoms with Gasteiger partial charge in [-0.2, -0.15) is 16.5 Å². The van der Waals surface area contributed by atoms with Crippen LogP contribution in [-0.4, -0.2) is 47.0 Å². The van der Waals surface area contributed by atoms with Crippen LogP contribution in [0.2, 0.25) is 0 Å². The summed E-state index contributed by atoms with van der Waals surface area (Å²) in [5.74, 6) is 0.806. The minimum Gasteiger partial charge on any atom is -0.345 e. The van der Waals surface area contributed by atoms with Crippen molar-refractivity contribution in [1.29, 1.82) is 0 Å². The lowest BCUT2D eigenvalue weighted by molar-refractivity contribution is -0.123. The zero-order chi connectivity index (χ0) is 21.7. The van der Waals surface area contributed by atoms with Gasteiger partial charge in [-0.3, -0.25) is 9.20 Å². The van der Waals surface area contributed by atoms with Crippen LogP contribution in [0.1, 0.15) is 30.8 Å². The van der Waals surface area contributed by atoms with Gasteiger partial charge >= 0.3 is 0 Å². The second-order valence-corrected chi connectivity index (χ2v) is 9.69. The fourth-order valence-electron chi connectivity index (χ4n) is 2.99. The number of nitrogens with one attached hydrogen (secondary N) is 2. The zero-order valence-corrected chi connectivity index (χ0v) is 18.7. The number of hydrogen-bond acceptors (Lipinski definition) is 6. The van der Waals surface area contributed by atoms with Crippen molar-refractivity contribution in [2.45, 2.75) is 37.2 Å². The smallest absolute Gasteiger partial charge is 0.241 e. The Balaban J connectivity index is 1.77. The van der Waals surface area contributed by atoms with Crippen molar-refractivity contribution in [3.63, 3.8) is 0 Å². The number of aryl methyl sites for hydroxylation is 1. The topological polar surface area (TPSA) is 105 Å². The van der Waals surface area contributed by atoms with E-state index in [0.29, 0.717) is 23.6 Å². The summed E-state index contributed by atoms with van der Waals surface area (Å²) in [7, 11) is -3.83. The zero-order valence-electron chi connectivity index (χ0n) is 17.1. The molecule has 0 aliphatic heterocycles. The van der Waals surface area contributed by atoms with Crippen molar-refractivity contribution < 1.29 is 13.2 Å². The molecule has 10 heteroatoms. The molecule has 3 aromatic rings. The fraction of sp³-hybridized carbons (Fsp3) is 0.350. The van der Waals surface area contributed by atoms with Gasteiger partial charge in [0.25, 0.3) is 0 Å². The highest BCUT2D eigenvalue weighted by atomic mass is 32.2. The monoisotopic (exact) mass is 447 g/mol. The SMILES string of the molecule is CSCCC(NS(=O)(=O)c1ccc(C)cc1)C(=O)N[C@@H](C)c1nnc2ccccn12. The number of benzene rings is 1. The molecule has 1 amide bonds. The highest BCUT2D eigenvalue weighted by Crippen LogP contribution is 2.15. The Kier molecular flexibility index (Phi) is 7.11. The molecule has 0 radical (unpaired) electrons. The lowest BCUT2D eigenvalue weighted by Crippen LogP contribution is -2.47. The Bertz CT molecular complexity index is 1110. The Morgan fingerprint density at radius 3 is 2.60 bits per heavy atom. The van der Waals surface area contributed by atoms with Gasteiger partial charge in [0.1, 0.15) is 6.04 Å². The predicted molar refractivity (Wildman–Crippen MR) is 118 cm³/mol. The molecule has 1 aromatic carbocycles. The molecule has 0 aliphatic rings. The number of pyridine rings is 1. The summed E-state index contributed by atoms with van der Waals surface area (Å²) < 4.78 is 29.9. The first-order chi connectivity index (χ1) is 14.3. The van der Waals surface area contributed by atoms with E-state index in [4.69, 9.17) is 0 Å². The number of carbonyl (C=O) groups excluding carboxylic acids is 1. The molecule has 2 aromatic heterocycles. The molecule has 2 atom stereocenters. The molecule has 8 nitrogen and oxygen atoms in total. The Morgan fingerprint density at radius 1 is 1.17 bits per heavy atom. The van der Waals surface area contributed by atoms with E-state index in [2.05, 4.69) is 20.2 Å². The van der Waals surface area contributed by atoms with Gasteiger partial charge < -0.3 is 5.32 Å². The molecule has 2 N–H and O–H groups in total. The number of carbonyl (C=O) groups is 1. The number of thioether (sulfide) groups is 1. The molecule has 160 valence electrons. The lowest BCUT2D eigenvalue weighted by Gasteiger charge is -2.20. The lowest BCUT2D eigenvalue weighted by atomic mass is 10.2. The van der Waals surface area contributed by atoms with Crippen molar-refractivity contribution in [1.82, 2.24) is 24.6 Å². The molecular weight excluding hydrogens is 422 g/mol. The van der Waals surface area contributed by atoms with Crippen molar-refractivity contribution in [2.24, 2.45) is 0 Å². The summed E-state index contributed by atoms with van der Waals surface area (Å²) in [4.78, 5) is 13.1. The first-order valence-corrected chi connectivity index (χ1v) is 12.4. The van der Waals surface area contributed by atoms with Crippen molar-refractivity contribution in [3.05, 3.63) is 60.0 Å². The highest BCUT2D eigenvalue weighted by molar-refractivity contribution is 7.98. The normalized spacial score (nSPS) is 13.8. The molecule has 0 spiro atoms. The number of aromatic nitrogens is 3. The molecule has 0 aliphatic carbocycles. The standard InChI is InChI=1S/C20H25N5O3S2/c1-14-7-9-16(10-8-14)30(27,28)24-17(11-13-29-3)20(26)21-15(2)19-23-22-18-6-4-5-12-25(18)19/h4-10,12,15,17,24H,11,13H2,1-3H3,(H,21,26)/t15-,17?/m0/s1. The largest absolute Gasteiger partial charge is 0.345 e. The summed E-state index contributed by atoms with van der Waals surface area (Å²) in [6.45, 7) is 3.68. The average Bonchev–Trinajstić information content (AvgIpc) is 3.15. The van der Waals surface area contributed by atoms with E-state index in [1.54, 1.807) is 35.2 Å². The summed E-state index contributed by atoms with van der Waals surface area (Å²) in [6.07, 6.45) is 4.10. The van der Waals surface area contributed by atoms with Crippen molar-refractivity contribution >= 4 is 33.3 Å². The van der Waals surface area contributed by atoms with Gasteiger partial charge in [-0.1, -0.05) is 23.8 Å². The second-order valence-electron chi connectivity index (χ2n) is 6.99. The maximum atomic E-state index is 12.9. The van der Waals surface area contributed by atoms with Crippen molar-refractivity contribution in [3.8, 4) is 0 Å². The second kappa shape index (κ2) is 9.59. The summed E-state index contributed by atoms with van der Waals surface area (Å²) in [5.41, 5.74) is 1.63. The van der Waals surface area contributed by atoms with Crippen LogP contribution >= 0.6 is 11.8 Å². The van der Waals surface area contributed by atoms with E-state index in [1.165, 1.54) is 12.1 Å². The van der Waals surface area contributed by atoms with E-state index in [0.717, 1.165) is 5.56 Å². The Morgan fingerprint density at radius 2 is 1.90 bits per heavy atom. The molecule has 0 fully saturated rings. The number of amides is 1. The van der Waals surface area contributed by atoms with Crippen LogP contribution in [-0.2, 0) is 14.8 Å². The molecule has 30 heavy (non-hydrogen) atoms. The minimum absolute atomic E-state index is 0.131. The van der Waals surface area contributed by atoms with Gasteiger partial charge in [0.15, 0.2) is 11.5 Å². The number of rotatable bonds is 9. The van der Waals surface area contributed by atoms with E-state index >= 15 is 0 Å². The first-order valence-electron chi connectivity index (χ1n) is 9.50.